The molecule has 3 aromatic heterocycles. The van der Waals surface area contributed by atoms with Crippen molar-refractivity contribution in [1.29, 1.82) is 0 Å². The molecule has 3 aromatic rings. The zero-order valence-corrected chi connectivity index (χ0v) is 25.0. The van der Waals surface area contributed by atoms with Crippen molar-refractivity contribution in [3.63, 3.8) is 0 Å². The summed E-state index contributed by atoms with van der Waals surface area (Å²) in [5.74, 6) is -0.0310. The lowest BCUT2D eigenvalue weighted by Crippen LogP contribution is -2.50. The van der Waals surface area contributed by atoms with Gasteiger partial charge in [-0.1, -0.05) is 18.5 Å². The standard InChI is InChI=1S/C29H34ClF5N8O/c1-2-16-13-43(10-7-37-16)26-17-12-38-23(24-21(29(33,34)35)18(30)11-19(36)39-24)20(25(31)32)22(17)40-27(41-26)44-15-28(5-6-28)14-42-8-3-4-9-42/h11-12,16,25,37H,2-10,13-15H2,1H3,(H2,36,39). The number of rotatable bonds is 9. The third kappa shape index (κ3) is 6.20. The van der Waals surface area contributed by atoms with E-state index < -0.39 is 40.1 Å². The van der Waals surface area contributed by atoms with Crippen LogP contribution in [0.2, 0.25) is 5.02 Å². The molecule has 15 heteroatoms. The Morgan fingerprint density at radius 3 is 2.55 bits per heavy atom. The molecule has 0 aromatic carbocycles. The first-order valence-corrected chi connectivity index (χ1v) is 15.2. The molecule has 1 unspecified atom stereocenters. The Morgan fingerprint density at radius 1 is 1.14 bits per heavy atom. The Labute approximate surface area is 256 Å². The third-order valence-electron chi connectivity index (χ3n) is 8.73. The molecular weight excluding hydrogens is 607 g/mol. The maximum Gasteiger partial charge on any atom is 0.420 e. The predicted octanol–water partition coefficient (Wildman–Crippen LogP) is 5.72. The van der Waals surface area contributed by atoms with E-state index in [1.54, 1.807) is 0 Å². The van der Waals surface area contributed by atoms with Crippen LogP contribution in [0.4, 0.5) is 33.6 Å². The van der Waals surface area contributed by atoms with E-state index in [2.05, 4.69) is 30.2 Å². The number of nitrogens with zero attached hydrogens (tertiary/aromatic N) is 6. The van der Waals surface area contributed by atoms with Gasteiger partial charge in [-0.05, 0) is 51.3 Å². The lowest BCUT2D eigenvalue weighted by molar-refractivity contribution is -0.137. The average Bonchev–Trinajstić information content (AvgIpc) is 3.55. The largest absolute Gasteiger partial charge is 0.463 e. The summed E-state index contributed by atoms with van der Waals surface area (Å²) in [6, 6.07) is 0.844. The van der Waals surface area contributed by atoms with Gasteiger partial charge in [0.25, 0.3) is 6.43 Å². The summed E-state index contributed by atoms with van der Waals surface area (Å²) in [6.45, 7) is 6.99. The Morgan fingerprint density at radius 2 is 1.89 bits per heavy atom. The monoisotopic (exact) mass is 640 g/mol. The molecule has 0 spiro atoms. The Bertz CT molecular complexity index is 1530. The molecule has 0 bridgehead atoms. The van der Waals surface area contributed by atoms with Crippen LogP contribution in [-0.2, 0) is 6.18 Å². The summed E-state index contributed by atoms with van der Waals surface area (Å²) in [6.07, 6.45) is -1.98. The molecule has 0 amide bonds. The maximum absolute atomic E-state index is 15.0. The smallest absolute Gasteiger partial charge is 0.420 e. The van der Waals surface area contributed by atoms with Crippen LogP contribution in [0.3, 0.4) is 0 Å². The number of pyridine rings is 2. The summed E-state index contributed by atoms with van der Waals surface area (Å²) in [5, 5.41) is 2.82. The van der Waals surface area contributed by atoms with E-state index in [0.717, 1.165) is 57.8 Å². The van der Waals surface area contributed by atoms with Gasteiger partial charge >= 0.3 is 12.2 Å². The van der Waals surface area contributed by atoms with Crippen molar-refractivity contribution in [2.24, 2.45) is 5.41 Å². The molecule has 1 atom stereocenters. The number of hydrogen-bond acceptors (Lipinski definition) is 9. The second-order valence-electron chi connectivity index (χ2n) is 11.9. The van der Waals surface area contributed by atoms with Gasteiger partial charge in [0, 0.05) is 43.8 Å². The SMILES string of the molecule is CCC1CN(c2nc(OCC3(CN4CCCC4)CC3)nc3c(C(F)F)c(-c4nc(N)cc(Cl)c4C(F)(F)F)ncc23)CCN1. The topological polar surface area (TPSA) is 105 Å². The number of fused-ring (bicyclic) bond motifs is 1. The molecule has 1 aliphatic carbocycles. The number of ether oxygens (including phenoxy) is 1. The van der Waals surface area contributed by atoms with Crippen LogP contribution < -0.4 is 20.7 Å². The zero-order chi connectivity index (χ0) is 31.2. The van der Waals surface area contributed by atoms with Crippen LogP contribution in [0, 0.1) is 5.41 Å². The lowest BCUT2D eigenvalue weighted by atomic mass is 10.0. The fourth-order valence-electron chi connectivity index (χ4n) is 6.20. The first-order chi connectivity index (χ1) is 21.0. The van der Waals surface area contributed by atoms with Gasteiger partial charge in [0.05, 0.1) is 28.1 Å². The summed E-state index contributed by atoms with van der Waals surface area (Å²) in [5.41, 5.74) is 1.58. The molecule has 5 heterocycles. The highest BCUT2D eigenvalue weighted by molar-refractivity contribution is 6.32. The van der Waals surface area contributed by atoms with Gasteiger partial charge in [0.15, 0.2) is 0 Å². The lowest BCUT2D eigenvalue weighted by Gasteiger charge is -2.34. The minimum absolute atomic E-state index is 0.0655. The van der Waals surface area contributed by atoms with Crippen molar-refractivity contribution in [2.45, 2.75) is 57.7 Å². The number of halogens is 6. The number of hydrogen-bond donors (Lipinski definition) is 2. The third-order valence-corrected chi connectivity index (χ3v) is 9.02. The molecule has 3 aliphatic rings. The molecule has 6 rings (SSSR count). The van der Waals surface area contributed by atoms with Crippen LogP contribution in [0.1, 0.15) is 56.6 Å². The van der Waals surface area contributed by atoms with E-state index in [9.17, 15) is 22.0 Å². The van der Waals surface area contributed by atoms with Crippen LogP contribution in [0.15, 0.2) is 12.3 Å². The summed E-state index contributed by atoms with van der Waals surface area (Å²) in [4.78, 5) is 21.3. The van der Waals surface area contributed by atoms with Crippen molar-refractivity contribution in [3.8, 4) is 17.4 Å². The average molecular weight is 641 g/mol. The molecule has 3 fully saturated rings. The Hall–Kier alpha value is -3.10. The summed E-state index contributed by atoms with van der Waals surface area (Å²) in [7, 11) is 0. The number of likely N-dealkylation sites (tertiary alicyclic amines) is 1. The number of nitrogen functional groups attached to an aromatic ring is 1. The van der Waals surface area contributed by atoms with E-state index in [0.29, 0.717) is 32.1 Å². The van der Waals surface area contributed by atoms with E-state index in [1.165, 1.54) is 6.20 Å². The molecule has 2 saturated heterocycles. The second-order valence-corrected chi connectivity index (χ2v) is 12.3. The second kappa shape index (κ2) is 12.0. The van der Waals surface area contributed by atoms with E-state index in [-0.39, 0.29) is 34.2 Å². The van der Waals surface area contributed by atoms with Crippen molar-refractivity contribution in [2.75, 3.05) is 56.5 Å². The zero-order valence-electron chi connectivity index (χ0n) is 24.2. The van der Waals surface area contributed by atoms with Gasteiger partial charge in [-0.15, -0.1) is 0 Å². The molecule has 0 radical (unpaired) electrons. The van der Waals surface area contributed by atoms with Gasteiger partial charge in [0.1, 0.15) is 28.6 Å². The van der Waals surface area contributed by atoms with Gasteiger partial charge in [-0.3, -0.25) is 4.98 Å². The fraction of sp³-hybridized carbons (Fsp3) is 0.586. The summed E-state index contributed by atoms with van der Waals surface area (Å²) < 4.78 is 78.5. The Kier molecular flexibility index (Phi) is 8.44. The van der Waals surface area contributed by atoms with Gasteiger partial charge in [-0.2, -0.15) is 23.1 Å². The van der Waals surface area contributed by atoms with Gasteiger partial charge in [-0.25, -0.2) is 13.8 Å². The summed E-state index contributed by atoms with van der Waals surface area (Å²) >= 11 is 5.93. The molecule has 238 valence electrons. The molecule has 1 saturated carbocycles. The Balaban J connectivity index is 1.48. The first kappa shape index (κ1) is 30.9. The number of aromatic nitrogens is 4. The fourth-order valence-corrected chi connectivity index (χ4v) is 6.50. The molecular formula is C29H34ClF5N8O. The van der Waals surface area contributed by atoms with Crippen molar-refractivity contribution >= 4 is 34.1 Å². The highest BCUT2D eigenvalue weighted by Crippen LogP contribution is 2.48. The highest BCUT2D eigenvalue weighted by atomic mass is 35.5. The molecule has 3 N–H and O–H groups in total. The van der Waals surface area contributed by atoms with Crippen LogP contribution >= 0.6 is 11.6 Å². The maximum atomic E-state index is 15.0. The number of nitrogens with two attached hydrogens (primary N) is 1. The molecule has 9 nitrogen and oxygen atoms in total. The van der Waals surface area contributed by atoms with Crippen LogP contribution in [0.5, 0.6) is 6.01 Å². The van der Waals surface area contributed by atoms with Crippen LogP contribution in [-0.4, -0.2) is 76.8 Å². The van der Waals surface area contributed by atoms with Crippen molar-refractivity contribution in [3.05, 3.63) is 28.4 Å². The van der Waals surface area contributed by atoms with Crippen LogP contribution in [0.25, 0.3) is 22.3 Å². The number of piperazine rings is 1. The van der Waals surface area contributed by atoms with E-state index in [1.807, 2.05) is 11.8 Å². The molecule has 2 aliphatic heterocycles. The van der Waals surface area contributed by atoms with Gasteiger partial charge in [0.2, 0.25) is 0 Å². The van der Waals surface area contributed by atoms with E-state index >= 15 is 0 Å². The van der Waals surface area contributed by atoms with Crippen molar-refractivity contribution in [1.82, 2.24) is 30.2 Å². The number of alkyl halides is 5. The van der Waals surface area contributed by atoms with Gasteiger partial charge < -0.3 is 25.6 Å². The highest BCUT2D eigenvalue weighted by Gasteiger charge is 2.45. The van der Waals surface area contributed by atoms with Crippen molar-refractivity contribution < 1.29 is 26.7 Å². The minimum atomic E-state index is -5.02. The van der Waals surface area contributed by atoms with E-state index in [4.69, 9.17) is 22.1 Å². The minimum Gasteiger partial charge on any atom is -0.463 e. The predicted molar refractivity (Wildman–Crippen MR) is 157 cm³/mol. The number of nitrogens with one attached hydrogen (secondary N) is 1. The quantitative estimate of drug-likeness (QED) is 0.284. The normalized spacial score (nSPS) is 20.5. The molecule has 44 heavy (non-hydrogen) atoms. The number of anilines is 2. The first-order valence-electron chi connectivity index (χ1n) is 14.8.